The summed E-state index contributed by atoms with van der Waals surface area (Å²) in [6.45, 7) is 2.50. The number of nitrogens with zero attached hydrogens (tertiary/aromatic N) is 1. The number of carbonyl (C=O) groups excluding carboxylic acids is 1. The van der Waals surface area contributed by atoms with Gasteiger partial charge in [0.15, 0.2) is 0 Å². The number of ether oxygens (including phenoxy) is 1. The molecule has 2 atom stereocenters. The first-order valence-electron chi connectivity index (χ1n) is 3.78. The number of nitrogens with two attached hydrogens (primary N) is 1. The van der Waals surface area contributed by atoms with Gasteiger partial charge < -0.3 is 15.8 Å². The lowest BCUT2D eigenvalue weighted by Crippen LogP contribution is -2.42. The summed E-state index contributed by atoms with van der Waals surface area (Å²) >= 11 is 0. The molecule has 1 heterocycles. The Morgan fingerprint density at radius 3 is 2.92 bits per heavy atom. The van der Waals surface area contributed by atoms with E-state index in [9.17, 15) is 4.79 Å². The second kappa shape index (κ2) is 3.53. The molecule has 0 saturated carbocycles. The molecule has 0 aromatic carbocycles. The molecule has 2 amide bonds. The molecule has 3 N–H and O–H groups in total. The van der Waals surface area contributed by atoms with Gasteiger partial charge in [0.1, 0.15) is 5.84 Å². The van der Waals surface area contributed by atoms with Crippen molar-refractivity contribution < 1.29 is 9.53 Å². The largest absolute Gasteiger partial charge is 0.385 e. The minimum atomic E-state index is -0.361. The zero-order chi connectivity index (χ0) is 9.14. The molecule has 68 valence electrons. The van der Waals surface area contributed by atoms with Crippen molar-refractivity contribution in [3.8, 4) is 0 Å². The quantitative estimate of drug-likeness (QED) is 0.613. The highest BCUT2D eigenvalue weighted by Gasteiger charge is 2.28. The number of rotatable bonds is 3. The average molecular weight is 171 g/mol. The number of nitrogens with one attached hydrogen (secondary N) is 1. The van der Waals surface area contributed by atoms with E-state index in [0.29, 0.717) is 12.4 Å². The zero-order valence-electron chi connectivity index (χ0n) is 7.20. The number of hydrogen-bond acceptors (Lipinski definition) is 3. The highest BCUT2D eigenvalue weighted by molar-refractivity contribution is 6.02. The number of urea groups is 1. The Morgan fingerprint density at radius 2 is 2.50 bits per heavy atom. The normalized spacial score (nSPS) is 25.0. The van der Waals surface area contributed by atoms with Crippen LogP contribution >= 0.6 is 0 Å². The van der Waals surface area contributed by atoms with Crippen molar-refractivity contribution in [1.82, 2.24) is 5.32 Å². The van der Waals surface area contributed by atoms with Crippen LogP contribution in [0.2, 0.25) is 0 Å². The second-order valence-electron chi connectivity index (χ2n) is 2.90. The Bertz CT molecular complexity index is 215. The Balaban J connectivity index is 2.54. The predicted molar refractivity (Wildman–Crippen MR) is 45.0 cm³/mol. The first-order chi connectivity index (χ1) is 5.65. The maximum atomic E-state index is 10.8. The predicted octanol–water partition coefficient (Wildman–Crippen LogP) is -0.282. The number of amidine groups is 1. The van der Waals surface area contributed by atoms with Gasteiger partial charge in [-0.3, -0.25) is 0 Å². The smallest absolute Gasteiger partial charge is 0.343 e. The molecule has 0 fully saturated rings. The molecule has 5 nitrogen and oxygen atoms in total. The molecule has 1 aliphatic rings. The molecule has 5 heteroatoms. The number of hydrogen-bond donors (Lipinski definition) is 2. The monoisotopic (exact) mass is 171 g/mol. The summed E-state index contributed by atoms with van der Waals surface area (Å²) in [4.78, 5) is 14.3. The van der Waals surface area contributed by atoms with E-state index >= 15 is 0 Å². The van der Waals surface area contributed by atoms with Crippen molar-refractivity contribution in [3.05, 3.63) is 0 Å². The van der Waals surface area contributed by atoms with Crippen LogP contribution in [0.15, 0.2) is 4.99 Å². The van der Waals surface area contributed by atoms with Crippen molar-refractivity contribution in [2.75, 3.05) is 13.7 Å². The molecule has 0 bridgehead atoms. The first-order valence-corrected chi connectivity index (χ1v) is 3.78. The lowest BCUT2D eigenvalue weighted by Gasteiger charge is -2.17. The maximum Gasteiger partial charge on any atom is 0.343 e. The Morgan fingerprint density at radius 1 is 1.83 bits per heavy atom. The summed E-state index contributed by atoms with van der Waals surface area (Å²) in [5.41, 5.74) is 5.51. The van der Waals surface area contributed by atoms with Crippen LogP contribution < -0.4 is 11.1 Å². The van der Waals surface area contributed by atoms with Gasteiger partial charge in [-0.25, -0.2) is 4.79 Å². The topological polar surface area (TPSA) is 76.7 Å². The molecule has 2 unspecified atom stereocenters. The van der Waals surface area contributed by atoms with Crippen LogP contribution in [-0.4, -0.2) is 31.6 Å². The van der Waals surface area contributed by atoms with Crippen LogP contribution in [0.25, 0.3) is 0 Å². The Labute approximate surface area is 71.0 Å². The summed E-state index contributed by atoms with van der Waals surface area (Å²) < 4.78 is 4.94. The Hall–Kier alpha value is -1.10. The fourth-order valence-electron chi connectivity index (χ4n) is 1.22. The van der Waals surface area contributed by atoms with Crippen molar-refractivity contribution in [1.29, 1.82) is 0 Å². The number of carbonyl (C=O) groups is 1. The van der Waals surface area contributed by atoms with Crippen LogP contribution in [-0.2, 0) is 4.74 Å². The summed E-state index contributed by atoms with van der Waals surface area (Å²) in [6, 6.07) is -0.530. The molecular weight excluding hydrogens is 158 g/mol. The van der Waals surface area contributed by atoms with Gasteiger partial charge >= 0.3 is 6.03 Å². The number of methoxy groups -OCH3 is 1. The zero-order valence-corrected chi connectivity index (χ0v) is 7.20. The van der Waals surface area contributed by atoms with Crippen LogP contribution in [0.4, 0.5) is 4.79 Å². The standard InChI is InChI=1S/C7H13N3O2/c1-4(3-12-2)5-6(8)10-7(11)9-5/h4-5H,3H2,1-2H3,(H3,8,9,10,11). The summed E-state index contributed by atoms with van der Waals surface area (Å²) in [5.74, 6) is 0.509. The molecule has 0 aromatic rings. The van der Waals surface area contributed by atoms with Gasteiger partial charge in [0.2, 0.25) is 0 Å². The molecule has 1 rings (SSSR count). The van der Waals surface area contributed by atoms with Gasteiger partial charge in [0, 0.05) is 13.0 Å². The summed E-state index contributed by atoms with van der Waals surface area (Å²) in [6.07, 6.45) is 0. The molecular formula is C7H13N3O2. The van der Waals surface area contributed by atoms with Crippen molar-refractivity contribution in [2.45, 2.75) is 13.0 Å². The van der Waals surface area contributed by atoms with Crippen molar-refractivity contribution >= 4 is 11.9 Å². The van der Waals surface area contributed by atoms with E-state index in [2.05, 4.69) is 10.3 Å². The molecule has 0 aliphatic carbocycles. The third-order valence-corrected chi connectivity index (χ3v) is 1.83. The second-order valence-corrected chi connectivity index (χ2v) is 2.90. The molecule has 0 saturated heterocycles. The number of aliphatic imine (C=N–C) groups is 1. The van der Waals surface area contributed by atoms with Crippen molar-refractivity contribution in [3.63, 3.8) is 0 Å². The SMILES string of the molecule is COCC(C)C1NC(=O)N=C1N. The number of amides is 2. The molecule has 0 radical (unpaired) electrons. The van der Waals surface area contributed by atoms with Crippen LogP contribution in [0, 0.1) is 5.92 Å². The average Bonchev–Trinajstić information content (AvgIpc) is 2.30. The highest BCUT2D eigenvalue weighted by Crippen LogP contribution is 2.08. The van der Waals surface area contributed by atoms with Gasteiger partial charge in [-0.15, -0.1) is 0 Å². The maximum absolute atomic E-state index is 10.8. The van der Waals surface area contributed by atoms with Crippen LogP contribution in [0.5, 0.6) is 0 Å². The van der Waals surface area contributed by atoms with Gasteiger partial charge in [0.05, 0.1) is 12.6 Å². The van der Waals surface area contributed by atoms with E-state index < -0.39 is 0 Å². The summed E-state index contributed by atoms with van der Waals surface area (Å²) in [7, 11) is 1.61. The highest BCUT2D eigenvalue weighted by atomic mass is 16.5. The molecule has 12 heavy (non-hydrogen) atoms. The van der Waals surface area contributed by atoms with Gasteiger partial charge in [-0.05, 0) is 0 Å². The van der Waals surface area contributed by atoms with E-state index in [1.165, 1.54) is 0 Å². The summed E-state index contributed by atoms with van der Waals surface area (Å²) in [5, 5.41) is 2.64. The third kappa shape index (κ3) is 1.73. The van der Waals surface area contributed by atoms with E-state index in [1.54, 1.807) is 7.11 Å². The lowest BCUT2D eigenvalue weighted by atomic mass is 10.0. The van der Waals surface area contributed by atoms with E-state index in [-0.39, 0.29) is 18.0 Å². The van der Waals surface area contributed by atoms with E-state index in [4.69, 9.17) is 10.5 Å². The van der Waals surface area contributed by atoms with Gasteiger partial charge in [-0.2, -0.15) is 4.99 Å². The van der Waals surface area contributed by atoms with E-state index in [0.717, 1.165) is 0 Å². The third-order valence-electron chi connectivity index (χ3n) is 1.83. The van der Waals surface area contributed by atoms with Crippen LogP contribution in [0.1, 0.15) is 6.92 Å². The van der Waals surface area contributed by atoms with Crippen LogP contribution in [0.3, 0.4) is 0 Å². The van der Waals surface area contributed by atoms with Crippen molar-refractivity contribution in [2.24, 2.45) is 16.6 Å². The first kappa shape index (κ1) is 8.99. The molecule has 0 aromatic heterocycles. The van der Waals surface area contributed by atoms with E-state index in [1.807, 2.05) is 6.92 Å². The minimum absolute atomic E-state index is 0.158. The molecule has 0 spiro atoms. The molecule has 1 aliphatic heterocycles. The van der Waals surface area contributed by atoms with Gasteiger partial charge in [-0.1, -0.05) is 6.92 Å². The minimum Gasteiger partial charge on any atom is -0.385 e. The Kier molecular flexibility index (Phi) is 2.65. The lowest BCUT2D eigenvalue weighted by molar-refractivity contribution is 0.152. The fourth-order valence-corrected chi connectivity index (χ4v) is 1.22. The van der Waals surface area contributed by atoms with Gasteiger partial charge in [0.25, 0.3) is 0 Å². The fraction of sp³-hybridized carbons (Fsp3) is 0.714.